The number of nitrogens with one attached hydrogen (secondary N) is 1. The first-order valence-electron chi connectivity index (χ1n) is 10.8. The highest BCUT2D eigenvalue weighted by atomic mass is 16.5. The summed E-state index contributed by atoms with van der Waals surface area (Å²) in [7, 11) is 3.36. The number of benzene rings is 3. The van der Waals surface area contributed by atoms with Gasteiger partial charge in [-0.05, 0) is 36.8 Å². The fraction of sp³-hybridized carbons (Fsp3) is 0.231. The third-order valence-corrected chi connectivity index (χ3v) is 5.47. The van der Waals surface area contributed by atoms with Crippen LogP contribution < -0.4 is 14.8 Å². The van der Waals surface area contributed by atoms with E-state index < -0.39 is 11.9 Å². The van der Waals surface area contributed by atoms with Gasteiger partial charge in [-0.1, -0.05) is 30.3 Å². The monoisotopic (exact) mass is 464 g/mol. The van der Waals surface area contributed by atoms with Gasteiger partial charge in [0, 0.05) is 53.1 Å². The molecule has 3 N–H and O–H groups in total. The number of ether oxygens (including phenoxy) is 2. The van der Waals surface area contributed by atoms with E-state index in [-0.39, 0.29) is 0 Å². The molecule has 0 aliphatic heterocycles. The minimum Gasteiger partial charge on any atom is -0.497 e. The summed E-state index contributed by atoms with van der Waals surface area (Å²) in [5, 5.41) is 21.0. The second-order valence-electron chi connectivity index (χ2n) is 7.50. The summed E-state index contributed by atoms with van der Waals surface area (Å²) in [5.41, 5.74) is 4.99. The molecule has 178 valence electrons. The van der Waals surface area contributed by atoms with Gasteiger partial charge in [-0.25, -0.2) is 9.59 Å². The van der Waals surface area contributed by atoms with E-state index in [0.29, 0.717) is 0 Å². The Balaban J connectivity index is 0.000000481. The van der Waals surface area contributed by atoms with E-state index in [1.54, 1.807) is 14.2 Å². The largest absolute Gasteiger partial charge is 0.497 e. The average molecular weight is 465 g/mol. The van der Waals surface area contributed by atoms with Crippen LogP contribution in [0.1, 0.15) is 18.1 Å². The van der Waals surface area contributed by atoms with Crippen LogP contribution in [0, 0.1) is 0 Å². The molecule has 0 saturated heterocycles. The molecule has 8 heteroatoms. The fourth-order valence-corrected chi connectivity index (χ4v) is 3.89. The zero-order valence-electron chi connectivity index (χ0n) is 19.4. The lowest BCUT2D eigenvalue weighted by Gasteiger charge is -2.11. The molecule has 3 aromatic carbocycles. The van der Waals surface area contributed by atoms with Crippen LogP contribution >= 0.6 is 0 Å². The topological polar surface area (TPSA) is 110 Å². The second kappa shape index (κ2) is 11.2. The van der Waals surface area contributed by atoms with Crippen molar-refractivity contribution in [2.45, 2.75) is 26.6 Å². The predicted octanol–water partition coefficient (Wildman–Crippen LogP) is 4.28. The Bertz CT molecular complexity index is 1300. The summed E-state index contributed by atoms with van der Waals surface area (Å²) in [6.45, 7) is 4.71. The standard InChI is InChI=1S/C24H26N2O2.C2H2O4/c1-4-26-22-8-6-5-7-20(22)21-13-17(9-12-23(21)26)15-25-16-18-10-11-19(27-2)14-24(18)28-3;3-1(4)2(5)6/h5-14,25H,4,15-16H2,1-3H3;(H,3,4)(H,5,6). The Morgan fingerprint density at radius 3 is 2.21 bits per heavy atom. The molecule has 0 spiro atoms. The molecule has 1 aromatic heterocycles. The van der Waals surface area contributed by atoms with Crippen LogP contribution in [0.15, 0.2) is 60.7 Å². The lowest BCUT2D eigenvalue weighted by molar-refractivity contribution is -0.159. The van der Waals surface area contributed by atoms with Gasteiger partial charge >= 0.3 is 11.9 Å². The number of methoxy groups -OCH3 is 2. The molecule has 4 aromatic rings. The molecular weight excluding hydrogens is 436 g/mol. The van der Waals surface area contributed by atoms with Crippen LogP contribution in [0.2, 0.25) is 0 Å². The van der Waals surface area contributed by atoms with E-state index in [0.717, 1.165) is 36.7 Å². The first kappa shape index (κ1) is 24.6. The molecular formula is C26H28N2O6. The van der Waals surface area contributed by atoms with E-state index in [1.807, 2.05) is 18.2 Å². The van der Waals surface area contributed by atoms with Crippen LogP contribution in [0.5, 0.6) is 11.5 Å². The van der Waals surface area contributed by atoms with Gasteiger partial charge < -0.3 is 29.6 Å². The summed E-state index contributed by atoms with van der Waals surface area (Å²) in [6, 6.07) is 21.3. The first-order chi connectivity index (χ1) is 16.4. The maximum Gasteiger partial charge on any atom is 0.414 e. The zero-order chi connectivity index (χ0) is 24.7. The number of aromatic nitrogens is 1. The summed E-state index contributed by atoms with van der Waals surface area (Å²) < 4.78 is 13.1. The van der Waals surface area contributed by atoms with E-state index in [9.17, 15) is 0 Å². The van der Waals surface area contributed by atoms with Crippen molar-refractivity contribution in [2.24, 2.45) is 0 Å². The molecule has 0 aliphatic rings. The van der Waals surface area contributed by atoms with E-state index in [2.05, 4.69) is 59.3 Å². The van der Waals surface area contributed by atoms with Crippen LogP contribution in [-0.2, 0) is 29.2 Å². The van der Waals surface area contributed by atoms with Crippen molar-refractivity contribution in [1.29, 1.82) is 0 Å². The second-order valence-corrected chi connectivity index (χ2v) is 7.50. The Morgan fingerprint density at radius 2 is 1.56 bits per heavy atom. The molecule has 34 heavy (non-hydrogen) atoms. The summed E-state index contributed by atoms with van der Waals surface area (Å²) in [4.78, 5) is 18.2. The molecule has 0 radical (unpaired) electrons. The molecule has 1 heterocycles. The van der Waals surface area contributed by atoms with Gasteiger partial charge in [-0.15, -0.1) is 0 Å². The van der Waals surface area contributed by atoms with E-state index in [4.69, 9.17) is 29.3 Å². The number of carbonyl (C=O) groups is 2. The van der Waals surface area contributed by atoms with Crippen LogP contribution in [0.25, 0.3) is 21.8 Å². The van der Waals surface area contributed by atoms with Gasteiger partial charge in [0.25, 0.3) is 0 Å². The van der Waals surface area contributed by atoms with Crippen molar-refractivity contribution in [1.82, 2.24) is 9.88 Å². The van der Waals surface area contributed by atoms with Crippen molar-refractivity contribution < 1.29 is 29.3 Å². The number of aryl methyl sites for hydroxylation is 1. The number of hydrogen-bond donors (Lipinski definition) is 3. The third-order valence-electron chi connectivity index (χ3n) is 5.47. The van der Waals surface area contributed by atoms with Crippen LogP contribution in [-0.4, -0.2) is 40.9 Å². The van der Waals surface area contributed by atoms with Crippen molar-refractivity contribution in [2.75, 3.05) is 14.2 Å². The summed E-state index contributed by atoms with van der Waals surface area (Å²) in [5.74, 6) is -2.00. The van der Waals surface area contributed by atoms with Gasteiger partial charge in [-0.2, -0.15) is 0 Å². The highest BCUT2D eigenvalue weighted by Crippen LogP contribution is 2.30. The van der Waals surface area contributed by atoms with Gasteiger partial charge in [0.1, 0.15) is 11.5 Å². The van der Waals surface area contributed by atoms with E-state index in [1.165, 1.54) is 27.4 Å². The molecule has 0 bridgehead atoms. The molecule has 0 fully saturated rings. The van der Waals surface area contributed by atoms with Gasteiger partial charge in [-0.3, -0.25) is 0 Å². The predicted molar refractivity (Wildman–Crippen MR) is 130 cm³/mol. The number of para-hydroxylation sites is 1. The van der Waals surface area contributed by atoms with Gasteiger partial charge in [0.2, 0.25) is 0 Å². The highest BCUT2D eigenvalue weighted by molar-refractivity contribution is 6.27. The van der Waals surface area contributed by atoms with Crippen molar-refractivity contribution in [3.05, 3.63) is 71.8 Å². The molecule has 0 aliphatic carbocycles. The maximum absolute atomic E-state index is 9.10. The number of carboxylic acids is 2. The van der Waals surface area contributed by atoms with Gasteiger partial charge in [0.05, 0.1) is 14.2 Å². The Hall–Kier alpha value is -4.04. The Morgan fingerprint density at radius 1 is 0.853 bits per heavy atom. The summed E-state index contributed by atoms with van der Waals surface area (Å²) >= 11 is 0. The number of carboxylic acid groups (broad SMARTS) is 2. The Kier molecular flexibility index (Phi) is 8.10. The lowest BCUT2D eigenvalue weighted by Crippen LogP contribution is -2.13. The molecule has 0 atom stereocenters. The van der Waals surface area contributed by atoms with Crippen molar-refractivity contribution in [3.63, 3.8) is 0 Å². The quantitative estimate of drug-likeness (QED) is 0.350. The molecule has 0 saturated carbocycles. The molecule has 4 rings (SSSR count). The third kappa shape index (κ3) is 5.47. The minimum absolute atomic E-state index is 0.738. The minimum atomic E-state index is -1.82. The maximum atomic E-state index is 9.10. The highest BCUT2D eigenvalue weighted by Gasteiger charge is 2.10. The number of fused-ring (bicyclic) bond motifs is 3. The van der Waals surface area contributed by atoms with Crippen LogP contribution in [0.3, 0.4) is 0 Å². The number of hydrogen-bond acceptors (Lipinski definition) is 5. The summed E-state index contributed by atoms with van der Waals surface area (Å²) in [6.07, 6.45) is 0. The lowest BCUT2D eigenvalue weighted by atomic mass is 10.1. The fourth-order valence-electron chi connectivity index (χ4n) is 3.89. The molecule has 8 nitrogen and oxygen atoms in total. The Labute approximate surface area is 197 Å². The van der Waals surface area contributed by atoms with Crippen LogP contribution in [0.4, 0.5) is 0 Å². The van der Waals surface area contributed by atoms with E-state index >= 15 is 0 Å². The number of aliphatic carboxylic acids is 2. The smallest absolute Gasteiger partial charge is 0.414 e. The average Bonchev–Trinajstić information content (AvgIpc) is 3.17. The molecule has 0 unspecified atom stereocenters. The number of nitrogens with zero attached hydrogens (tertiary/aromatic N) is 1. The van der Waals surface area contributed by atoms with Gasteiger partial charge in [0.15, 0.2) is 0 Å². The zero-order valence-corrected chi connectivity index (χ0v) is 19.4. The SMILES string of the molecule is CCn1c2ccccc2c2cc(CNCc3ccc(OC)cc3OC)ccc21.O=C(O)C(=O)O. The molecule has 0 amide bonds. The first-order valence-corrected chi connectivity index (χ1v) is 10.8. The number of rotatable bonds is 7. The normalized spacial score (nSPS) is 10.6. The van der Waals surface area contributed by atoms with Crippen molar-refractivity contribution >= 4 is 33.7 Å². The van der Waals surface area contributed by atoms with Crippen molar-refractivity contribution in [3.8, 4) is 11.5 Å².